The average molecular weight is 414 g/mol. The number of carbonyl (C=O) groups is 1. The third kappa shape index (κ3) is 2.91. The van der Waals surface area contributed by atoms with Crippen molar-refractivity contribution in [2.24, 2.45) is 5.92 Å². The predicted molar refractivity (Wildman–Crippen MR) is 101 cm³/mol. The molecule has 0 radical (unpaired) electrons. The number of aryl methyl sites for hydroxylation is 1. The Morgan fingerprint density at radius 3 is 2.67 bits per heavy atom. The third-order valence-corrected chi connectivity index (χ3v) is 6.26. The summed E-state index contributed by atoms with van der Waals surface area (Å²) >= 11 is 0. The molecule has 0 atom stereocenters. The molecular weight excluding hydrogens is 394 g/mol. The normalized spacial score (nSPS) is 22.1. The number of carboxylic acid groups (broad SMARTS) is 1. The topological polar surface area (TPSA) is 94.0 Å². The molecule has 2 aliphatic rings. The maximum atomic E-state index is 13.3. The van der Waals surface area contributed by atoms with Gasteiger partial charge in [0, 0.05) is 0 Å². The van der Waals surface area contributed by atoms with Crippen LogP contribution in [0.15, 0.2) is 34.9 Å². The molecule has 5 rings (SSSR count). The zero-order valence-electron chi connectivity index (χ0n) is 16.3. The summed E-state index contributed by atoms with van der Waals surface area (Å²) < 4.78 is 33.6. The monoisotopic (exact) mass is 414 g/mol. The highest BCUT2D eigenvalue weighted by atomic mass is 19.3. The second-order valence-corrected chi connectivity index (χ2v) is 8.18. The number of rotatable bonds is 6. The van der Waals surface area contributed by atoms with Crippen molar-refractivity contribution >= 4 is 5.97 Å². The summed E-state index contributed by atoms with van der Waals surface area (Å²) in [5.74, 6) is -0.707. The van der Waals surface area contributed by atoms with Crippen molar-refractivity contribution in [3.05, 3.63) is 53.0 Å². The highest BCUT2D eigenvalue weighted by Gasteiger charge is 2.51. The summed E-state index contributed by atoms with van der Waals surface area (Å²) in [5.41, 5.74) is 1.88. The number of carboxylic acids is 1. The molecular formula is C21H20F2N4O3. The van der Waals surface area contributed by atoms with Crippen LogP contribution in [0.4, 0.5) is 8.78 Å². The van der Waals surface area contributed by atoms with E-state index in [4.69, 9.17) is 9.63 Å². The summed E-state index contributed by atoms with van der Waals surface area (Å²) in [6.45, 7) is 2.03. The third-order valence-electron chi connectivity index (χ3n) is 6.26. The SMILES string of the molecule is Cc1ccccc1C1(c2nc(-c3cc(C(F)F)nn3C3CC(C(=O)O)C3)no2)CC1. The molecule has 156 valence electrons. The lowest BCUT2D eigenvalue weighted by molar-refractivity contribution is -0.146. The van der Waals surface area contributed by atoms with Gasteiger partial charge in [0.2, 0.25) is 11.7 Å². The first kappa shape index (κ1) is 18.9. The minimum atomic E-state index is -2.74. The van der Waals surface area contributed by atoms with Crippen molar-refractivity contribution in [3.8, 4) is 11.5 Å². The summed E-state index contributed by atoms with van der Waals surface area (Å²) in [5, 5.41) is 17.2. The number of benzene rings is 1. The molecule has 0 saturated heterocycles. The van der Waals surface area contributed by atoms with Crippen molar-refractivity contribution in [1.82, 2.24) is 19.9 Å². The van der Waals surface area contributed by atoms with E-state index >= 15 is 0 Å². The maximum Gasteiger partial charge on any atom is 0.306 e. The number of nitrogens with zero attached hydrogens (tertiary/aromatic N) is 4. The fourth-order valence-electron chi connectivity index (χ4n) is 4.31. The number of aliphatic carboxylic acids is 1. The molecule has 0 unspecified atom stereocenters. The van der Waals surface area contributed by atoms with Gasteiger partial charge in [-0.3, -0.25) is 9.48 Å². The number of hydrogen-bond donors (Lipinski definition) is 1. The lowest BCUT2D eigenvalue weighted by atomic mass is 9.80. The Bertz CT molecular complexity index is 1110. The van der Waals surface area contributed by atoms with Gasteiger partial charge in [0.1, 0.15) is 11.4 Å². The Morgan fingerprint density at radius 2 is 2.03 bits per heavy atom. The number of halogens is 2. The lowest BCUT2D eigenvalue weighted by Gasteiger charge is -2.33. The molecule has 1 aromatic carbocycles. The zero-order valence-corrected chi connectivity index (χ0v) is 16.3. The fourth-order valence-corrected chi connectivity index (χ4v) is 4.31. The number of hydrogen-bond acceptors (Lipinski definition) is 5. The highest BCUT2D eigenvalue weighted by molar-refractivity contribution is 5.71. The molecule has 2 heterocycles. The zero-order chi connectivity index (χ0) is 21.0. The van der Waals surface area contributed by atoms with Crippen LogP contribution in [-0.2, 0) is 10.2 Å². The Balaban J connectivity index is 1.50. The second kappa shape index (κ2) is 6.72. The molecule has 2 saturated carbocycles. The van der Waals surface area contributed by atoms with Crippen LogP contribution >= 0.6 is 0 Å². The van der Waals surface area contributed by atoms with Crippen LogP contribution in [0, 0.1) is 12.8 Å². The fraction of sp³-hybridized carbons (Fsp3) is 0.429. The second-order valence-electron chi connectivity index (χ2n) is 8.18. The molecule has 0 bridgehead atoms. The molecule has 1 N–H and O–H groups in total. The standard InChI is InChI=1S/C21H20F2N4O3/c1-11-4-2-3-5-14(11)21(6-7-21)20-24-18(26-30-20)16-10-15(17(22)23)25-27(16)13-8-12(9-13)19(28)29/h2-5,10,12-13,17H,6-9H2,1H3,(H,28,29). The van der Waals surface area contributed by atoms with Crippen molar-refractivity contribution in [2.75, 3.05) is 0 Å². The minimum absolute atomic E-state index is 0.197. The van der Waals surface area contributed by atoms with E-state index in [1.54, 1.807) is 0 Å². The van der Waals surface area contributed by atoms with E-state index in [1.165, 1.54) is 10.7 Å². The Morgan fingerprint density at radius 1 is 1.30 bits per heavy atom. The summed E-state index contributed by atoms with van der Waals surface area (Å²) in [4.78, 5) is 15.7. The van der Waals surface area contributed by atoms with E-state index in [0.29, 0.717) is 24.4 Å². The van der Waals surface area contributed by atoms with Crippen LogP contribution < -0.4 is 0 Å². The predicted octanol–water partition coefficient (Wildman–Crippen LogP) is 4.29. The smallest absolute Gasteiger partial charge is 0.306 e. The van der Waals surface area contributed by atoms with Crippen LogP contribution in [0.2, 0.25) is 0 Å². The van der Waals surface area contributed by atoms with Crippen LogP contribution in [0.5, 0.6) is 0 Å². The molecule has 3 aromatic rings. The average Bonchev–Trinajstić information content (AvgIpc) is 3.11. The van der Waals surface area contributed by atoms with Gasteiger partial charge in [0.05, 0.1) is 17.4 Å². The Labute approximate surface area is 170 Å². The quantitative estimate of drug-likeness (QED) is 0.647. The number of alkyl halides is 2. The Hall–Kier alpha value is -3.10. The van der Waals surface area contributed by atoms with Crippen LogP contribution in [0.25, 0.3) is 11.5 Å². The van der Waals surface area contributed by atoms with E-state index in [-0.39, 0.29) is 23.0 Å². The number of aromatic nitrogens is 4. The first-order valence-electron chi connectivity index (χ1n) is 9.90. The van der Waals surface area contributed by atoms with Gasteiger partial charge in [-0.1, -0.05) is 29.4 Å². The molecule has 2 aromatic heterocycles. The van der Waals surface area contributed by atoms with Gasteiger partial charge in [-0.15, -0.1) is 0 Å². The van der Waals surface area contributed by atoms with Crippen molar-refractivity contribution in [2.45, 2.75) is 50.5 Å². The van der Waals surface area contributed by atoms with E-state index < -0.39 is 18.3 Å². The molecule has 0 amide bonds. The van der Waals surface area contributed by atoms with Gasteiger partial charge < -0.3 is 9.63 Å². The summed E-state index contributed by atoms with van der Waals surface area (Å²) in [6, 6.07) is 9.01. The van der Waals surface area contributed by atoms with Gasteiger partial charge in [-0.05, 0) is 49.8 Å². The lowest BCUT2D eigenvalue weighted by Crippen LogP contribution is -2.33. The summed E-state index contributed by atoms with van der Waals surface area (Å²) in [6.07, 6.45) is -0.309. The first-order chi connectivity index (χ1) is 14.4. The van der Waals surface area contributed by atoms with E-state index in [2.05, 4.69) is 15.2 Å². The van der Waals surface area contributed by atoms with Gasteiger partial charge in [-0.25, -0.2) is 8.78 Å². The largest absolute Gasteiger partial charge is 0.481 e. The van der Waals surface area contributed by atoms with E-state index in [9.17, 15) is 13.6 Å². The van der Waals surface area contributed by atoms with Crippen LogP contribution in [0.3, 0.4) is 0 Å². The van der Waals surface area contributed by atoms with Gasteiger partial charge in [0.25, 0.3) is 6.43 Å². The van der Waals surface area contributed by atoms with E-state index in [1.807, 2.05) is 31.2 Å². The maximum absolute atomic E-state index is 13.3. The van der Waals surface area contributed by atoms with Crippen molar-refractivity contribution in [3.63, 3.8) is 0 Å². The van der Waals surface area contributed by atoms with Crippen molar-refractivity contribution in [1.29, 1.82) is 0 Å². The van der Waals surface area contributed by atoms with Gasteiger partial charge in [0.15, 0.2) is 0 Å². The Kier molecular flexibility index (Phi) is 4.23. The minimum Gasteiger partial charge on any atom is -0.481 e. The molecule has 9 heteroatoms. The first-order valence-corrected chi connectivity index (χ1v) is 9.90. The summed E-state index contributed by atoms with van der Waals surface area (Å²) in [7, 11) is 0. The molecule has 2 fully saturated rings. The molecule has 0 aliphatic heterocycles. The van der Waals surface area contributed by atoms with Crippen LogP contribution in [-0.4, -0.2) is 31.0 Å². The van der Waals surface area contributed by atoms with Crippen molar-refractivity contribution < 1.29 is 23.2 Å². The van der Waals surface area contributed by atoms with E-state index in [0.717, 1.165) is 24.0 Å². The van der Waals surface area contributed by atoms with Gasteiger partial charge in [-0.2, -0.15) is 10.1 Å². The highest BCUT2D eigenvalue weighted by Crippen LogP contribution is 2.54. The molecule has 30 heavy (non-hydrogen) atoms. The van der Waals surface area contributed by atoms with Crippen LogP contribution in [0.1, 0.15) is 60.9 Å². The molecule has 0 spiro atoms. The van der Waals surface area contributed by atoms with Gasteiger partial charge >= 0.3 is 5.97 Å². The molecule has 2 aliphatic carbocycles. The molecule has 7 nitrogen and oxygen atoms in total.